The molecule has 9 nitrogen and oxygen atoms in total. The summed E-state index contributed by atoms with van der Waals surface area (Å²) in [5, 5.41) is 0. The second-order valence-electron chi connectivity index (χ2n) is 7.20. The Labute approximate surface area is 176 Å². The molecule has 5 rings (SSSR count). The lowest BCUT2D eigenvalue weighted by Crippen LogP contribution is -2.36. The fourth-order valence-electron chi connectivity index (χ4n) is 3.70. The molecular formula is C21H20FN7O2. The summed E-state index contributed by atoms with van der Waals surface area (Å²) in [7, 11) is 0. The molecular weight excluding hydrogens is 401 g/mol. The Morgan fingerprint density at radius 1 is 1.13 bits per heavy atom. The van der Waals surface area contributed by atoms with E-state index in [1.54, 1.807) is 6.07 Å². The highest BCUT2D eigenvalue weighted by Gasteiger charge is 2.17. The van der Waals surface area contributed by atoms with Crippen molar-refractivity contribution in [3.05, 3.63) is 66.1 Å². The number of halogens is 1. The Bertz CT molecular complexity index is 1240. The van der Waals surface area contributed by atoms with Crippen molar-refractivity contribution >= 4 is 28.3 Å². The van der Waals surface area contributed by atoms with Crippen molar-refractivity contribution in [3.8, 4) is 0 Å². The molecule has 0 bridgehead atoms. The van der Waals surface area contributed by atoms with Gasteiger partial charge in [-0.05, 0) is 24.3 Å². The summed E-state index contributed by atoms with van der Waals surface area (Å²) in [5.41, 5.74) is 8.69. The molecule has 0 saturated carbocycles. The van der Waals surface area contributed by atoms with E-state index in [9.17, 15) is 9.18 Å². The van der Waals surface area contributed by atoms with Crippen LogP contribution in [0.5, 0.6) is 0 Å². The fourth-order valence-corrected chi connectivity index (χ4v) is 3.70. The number of benzene rings is 1. The zero-order valence-corrected chi connectivity index (χ0v) is 16.6. The highest BCUT2D eigenvalue weighted by Crippen LogP contribution is 2.26. The molecule has 1 aromatic carbocycles. The zero-order chi connectivity index (χ0) is 21.2. The number of amides is 1. The highest BCUT2D eigenvalue weighted by molar-refractivity contribution is 5.93. The van der Waals surface area contributed by atoms with Crippen molar-refractivity contribution in [2.45, 2.75) is 6.54 Å². The number of aromatic nitrogens is 4. The van der Waals surface area contributed by atoms with Crippen molar-refractivity contribution < 1.29 is 13.9 Å². The van der Waals surface area contributed by atoms with Gasteiger partial charge < -0.3 is 9.14 Å². The normalized spacial score (nSPS) is 14.7. The largest absolute Gasteiger partial charge is 0.379 e. The summed E-state index contributed by atoms with van der Waals surface area (Å²) in [6, 6.07) is 8.47. The number of carbonyl (C=O) groups excluding carboxylic acids is 1. The van der Waals surface area contributed by atoms with Crippen molar-refractivity contribution in [1.82, 2.24) is 29.7 Å². The summed E-state index contributed by atoms with van der Waals surface area (Å²) < 4.78 is 21.4. The maximum atomic E-state index is 13.9. The van der Waals surface area contributed by atoms with Crippen LogP contribution in [0.4, 0.5) is 10.2 Å². The average molecular weight is 421 g/mol. The maximum absolute atomic E-state index is 13.9. The van der Waals surface area contributed by atoms with Gasteiger partial charge in [-0.3, -0.25) is 25.5 Å². The molecule has 1 saturated heterocycles. The number of anilines is 1. The summed E-state index contributed by atoms with van der Waals surface area (Å²) in [6.45, 7) is 3.84. The summed E-state index contributed by atoms with van der Waals surface area (Å²) >= 11 is 0. The highest BCUT2D eigenvalue weighted by atomic mass is 19.1. The second-order valence-corrected chi connectivity index (χ2v) is 7.20. The number of fused-ring (bicyclic) bond motifs is 3. The maximum Gasteiger partial charge on any atom is 0.289 e. The van der Waals surface area contributed by atoms with Crippen LogP contribution < -0.4 is 10.9 Å². The summed E-state index contributed by atoms with van der Waals surface area (Å²) in [4.78, 5) is 27.1. The lowest BCUT2D eigenvalue weighted by Gasteiger charge is -2.26. The monoisotopic (exact) mass is 421 g/mol. The number of ether oxygens (including phenoxy) is 1. The third-order valence-corrected chi connectivity index (χ3v) is 5.19. The van der Waals surface area contributed by atoms with Gasteiger partial charge in [0.05, 0.1) is 36.0 Å². The van der Waals surface area contributed by atoms with Crippen LogP contribution in [0.15, 0.2) is 48.9 Å². The third-order valence-electron chi connectivity index (χ3n) is 5.19. The van der Waals surface area contributed by atoms with Crippen molar-refractivity contribution in [2.75, 3.05) is 31.7 Å². The molecule has 158 valence electrons. The van der Waals surface area contributed by atoms with E-state index in [1.165, 1.54) is 30.7 Å². The Morgan fingerprint density at radius 3 is 2.77 bits per heavy atom. The fraction of sp³-hybridized carbons (Fsp3) is 0.238. The van der Waals surface area contributed by atoms with E-state index in [-0.39, 0.29) is 11.5 Å². The Morgan fingerprint density at radius 2 is 1.97 bits per heavy atom. The number of morpholine rings is 1. The molecule has 4 aromatic rings. The van der Waals surface area contributed by atoms with Gasteiger partial charge in [0.25, 0.3) is 5.91 Å². The van der Waals surface area contributed by atoms with E-state index in [4.69, 9.17) is 4.74 Å². The van der Waals surface area contributed by atoms with Crippen molar-refractivity contribution in [1.29, 1.82) is 0 Å². The van der Waals surface area contributed by atoms with Crippen LogP contribution in [0.1, 0.15) is 16.2 Å². The Kier molecular flexibility index (Phi) is 5.14. The first kappa shape index (κ1) is 19.3. The number of nitrogens with one attached hydrogen (secondary N) is 2. The number of hydrogen-bond acceptors (Lipinski definition) is 7. The van der Waals surface area contributed by atoms with Gasteiger partial charge in [-0.25, -0.2) is 14.4 Å². The van der Waals surface area contributed by atoms with Gasteiger partial charge in [0.1, 0.15) is 11.5 Å². The standard InChI is InChI=1S/C21H20FN7O2/c22-14-1-3-18-16(11-14)25-20(26-27-21(30)17-12-23-5-6-24-17)19-4-2-15(29(18)19)13-28-7-9-31-10-8-28/h1-6,11-12H,7-10,13H2,(H,25,26)(H,27,30). The van der Waals surface area contributed by atoms with E-state index in [2.05, 4.69) is 30.7 Å². The quantitative estimate of drug-likeness (QED) is 0.476. The molecule has 0 unspecified atom stereocenters. The lowest BCUT2D eigenvalue weighted by molar-refractivity contribution is 0.0336. The summed E-state index contributed by atoms with van der Waals surface area (Å²) in [6.07, 6.45) is 4.30. The summed E-state index contributed by atoms with van der Waals surface area (Å²) in [5.74, 6) is -0.424. The first-order valence-electron chi connectivity index (χ1n) is 9.91. The molecule has 0 atom stereocenters. The van der Waals surface area contributed by atoms with Gasteiger partial charge in [0.2, 0.25) is 0 Å². The van der Waals surface area contributed by atoms with Crippen LogP contribution in [-0.2, 0) is 11.3 Å². The van der Waals surface area contributed by atoms with Crippen molar-refractivity contribution in [2.24, 2.45) is 0 Å². The lowest BCUT2D eigenvalue weighted by atomic mass is 10.2. The number of rotatable bonds is 5. The molecule has 1 aliphatic rings. The number of hydrogen-bond donors (Lipinski definition) is 2. The van der Waals surface area contributed by atoms with Gasteiger partial charge in [0, 0.05) is 43.8 Å². The zero-order valence-electron chi connectivity index (χ0n) is 16.6. The first-order valence-corrected chi connectivity index (χ1v) is 9.91. The minimum absolute atomic E-state index is 0.168. The number of carbonyl (C=O) groups is 1. The molecule has 31 heavy (non-hydrogen) atoms. The van der Waals surface area contributed by atoms with E-state index in [0.29, 0.717) is 24.5 Å². The molecule has 0 spiro atoms. The van der Waals surface area contributed by atoms with E-state index < -0.39 is 5.91 Å². The average Bonchev–Trinajstić information content (AvgIpc) is 3.22. The Hall–Kier alpha value is -3.63. The SMILES string of the molecule is O=C(NNc1nc2cc(F)ccc2n2c(CN3CCOCC3)ccc12)c1cnccn1. The molecule has 1 fully saturated rings. The number of hydrazine groups is 1. The number of nitrogens with zero attached hydrogens (tertiary/aromatic N) is 5. The molecule has 0 aliphatic carbocycles. The van der Waals surface area contributed by atoms with Crippen LogP contribution in [-0.4, -0.2) is 56.5 Å². The molecule has 10 heteroatoms. The van der Waals surface area contributed by atoms with E-state index in [1.807, 2.05) is 16.5 Å². The van der Waals surface area contributed by atoms with E-state index >= 15 is 0 Å². The predicted molar refractivity (Wildman–Crippen MR) is 112 cm³/mol. The Balaban J connectivity index is 1.52. The van der Waals surface area contributed by atoms with Gasteiger partial charge in [0.15, 0.2) is 5.82 Å². The van der Waals surface area contributed by atoms with Crippen LogP contribution in [0, 0.1) is 5.82 Å². The van der Waals surface area contributed by atoms with Crippen LogP contribution in [0.3, 0.4) is 0 Å². The van der Waals surface area contributed by atoms with Crippen molar-refractivity contribution in [3.63, 3.8) is 0 Å². The predicted octanol–water partition coefficient (Wildman–Crippen LogP) is 2.01. The molecule has 1 aliphatic heterocycles. The smallest absolute Gasteiger partial charge is 0.289 e. The van der Waals surface area contributed by atoms with Gasteiger partial charge in [-0.2, -0.15) is 0 Å². The molecule has 3 aromatic heterocycles. The van der Waals surface area contributed by atoms with Crippen LogP contribution >= 0.6 is 0 Å². The van der Waals surface area contributed by atoms with Crippen LogP contribution in [0.25, 0.3) is 16.6 Å². The van der Waals surface area contributed by atoms with E-state index in [0.717, 1.165) is 36.4 Å². The van der Waals surface area contributed by atoms with Gasteiger partial charge in [-0.15, -0.1) is 0 Å². The molecule has 4 heterocycles. The molecule has 1 amide bonds. The van der Waals surface area contributed by atoms with Gasteiger partial charge >= 0.3 is 0 Å². The first-order chi connectivity index (χ1) is 15.2. The minimum atomic E-state index is -0.451. The molecule has 0 radical (unpaired) electrons. The third kappa shape index (κ3) is 3.90. The molecule has 2 N–H and O–H groups in total. The second kappa shape index (κ2) is 8.25. The minimum Gasteiger partial charge on any atom is -0.379 e. The van der Waals surface area contributed by atoms with Gasteiger partial charge in [-0.1, -0.05) is 0 Å². The topological polar surface area (TPSA) is 96.7 Å². The van der Waals surface area contributed by atoms with Crippen LogP contribution in [0.2, 0.25) is 0 Å².